The molecule has 0 radical (unpaired) electrons. The number of hydrogen-bond donors (Lipinski definition) is 6. The van der Waals surface area contributed by atoms with Crippen LogP contribution in [0.2, 0.25) is 0 Å². The highest BCUT2D eigenvalue weighted by molar-refractivity contribution is 6.32. The van der Waals surface area contributed by atoms with E-state index in [0.29, 0.717) is 17.9 Å². The van der Waals surface area contributed by atoms with Gasteiger partial charge >= 0.3 is 0 Å². The van der Waals surface area contributed by atoms with E-state index in [2.05, 4.69) is 30.9 Å². The van der Waals surface area contributed by atoms with Crippen LogP contribution in [0.1, 0.15) is 0 Å². The van der Waals surface area contributed by atoms with Crippen molar-refractivity contribution in [3.05, 3.63) is 146 Å². The van der Waals surface area contributed by atoms with Crippen LogP contribution in [0.4, 0.5) is 17.1 Å². The van der Waals surface area contributed by atoms with Crippen molar-refractivity contribution in [1.82, 2.24) is 34.8 Å². The van der Waals surface area contributed by atoms with E-state index >= 15 is 0 Å². The molecule has 0 saturated carbocycles. The van der Waals surface area contributed by atoms with Crippen LogP contribution < -0.4 is 16.0 Å². The molecule has 16 heteroatoms. The number of anilines is 3. The van der Waals surface area contributed by atoms with Crippen molar-refractivity contribution in [2.24, 2.45) is 30.0 Å². The summed E-state index contributed by atoms with van der Waals surface area (Å²) in [5.74, 6) is 4.09. The molecule has 0 aliphatic carbocycles. The van der Waals surface area contributed by atoms with Crippen LogP contribution in [0.5, 0.6) is 0 Å². The van der Waals surface area contributed by atoms with Crippen molar-refractivity contribution in [3.63, 3.8) is 0 Å². The molecule has 3 aliphatic heterocycles. The molecule has 0 spiro atoms. The third-order valence-electron chi connectivity index (χ3n) is 10.2. The molecule has 9 aromatic rings. The highest BCUT2D eigenvalue weighted by Crippen LogP contribution is 2.27. The van der Waals surface area contributed by atoms with E-state index in [0.717, 1.165) is 84.3 Å². The Labute approximate surface area is 345 Å². The van der Waals surface area contributed by atoms with Gasteiger partial charge < -0.3 is 30.9 Å². The molecule has 6 aromatic carbocycles. The second-order valence-electron chi connectivity index (χ2n) is 14.3. The molecule has 3 aliphatic rings. The molecular weight excluding hydrogens is 765 g/mol. The molecule has 0 amide bonds. The molecule has 0 fully saturated rings. The average Bonchev–Trinajstić information content (AvgIpc) is 4.04. The van der Waals surface area contributed by atoms with Crippen LogP contribution in [0.25, 0.3) is 67.3 Å². The molecule has 12 rings (SSSR count). The number of aliphatic imine (C=N–C) groups is 6. The molecule has 0 unspecified atom stereocenters. The minimum atomic E-state index is 0.289. The Morgan fingerprint density at radius 2 is 0.623 bits per heavy atom. The summed E-state index contributed by atoms with van der Waals surface area (Å²) >= 11 is 0. The van der Waals surface area contributed by atoms with Crippen LogP contribution in [0, 0.1) is 0 Å². The standard InChI is InChI=1S/C45H30N16/c1-2-8-32-31(7-1)49-37(50-32)25-13-19-28(20-14-25)46-40-55-43-57-41(47-29-21-15-26(16-22-29)38-51-33-9-3-4-10-34(33)52-38)59-45-60-42(58-44(56-40)61(43)45)48-30-23-17-27(18-24-30)39-53-35-11-5-6-12-36(35)54-39/h1-24H,(H,49,50)(H,51,52)(H,53,54)(H3,46,47,48,55,56,57,58,59,60). The number of aromatic amines is 3. The summed E-state index contributed by atoms with van der Waals surface area (Å²) in [4.78, 5) is 54.7. The van der Waals surface area contributed by atoms with Gasteiger partial charge in [0.1, 0.15) is 17.5 Å². The maximum atomic E-state index is 4.78. The number of imidazole rings is 3. The maximum absolute atomic E-state index is 4.78. The zero-order valence-corrected chi connectivity index (χ0v) is 31.8. The van der Waals surface area contributed by atoms with E-state index < -0.39 is 0 Å². The first kappa shape index (κ1) is 34.0. The number of para-hydroxylation sites is 6. The Bertz CT molecular complexity index is 2920. The third kappa shape index (κ3) is 6.42. The number of benzene rings is 6. The van der Waals surface area contributed by atoms with Gasteiger partial charge in [-0.3, -0.25) is 0 Å². The van der Waals surface area contributed by atoms with E-state index in [1.165, 1.54) is 0 Å². The first-order valence-corrected chi connectivity index (χ1v) is 19.4. The fourth-order valence-corrected chi connectivity index (χ4v) is 7.24. The van der Waals surface area contributed by atoms with Gasteiger partial charge in [-0.1, -0.05) is 36.4 Å². The van der Waals surface area contributed by atoms with Gasteiger partial charge in [-0.15, -0.1) is 0 Å². The van der Waals surface area contributed by atoms with E-state index in [1.807, 2.05) is 146 Å². The van der Waals surface area contributed by atoms with Crippen molar-refractivity contribution >= 4 is 85.9 Å². The summed E-state index contributed by atoms with van der Waals surface area (Å²) in [6.45, 7) is 0. The van der Waals surface area contributed by atoms with Crippen LogP contribution >= 0.6 is 0 Å². The Kier molecular flexibility index (Phi) is 7.70. The fourth-order valence-electron chi connectivity index (χ4n) is 7.24. The van der Waals surface area contributed by atoms with Crippen molar-refractivity contribution in [1.29, 1.82) is 0 Å². The Morgan fingerprint density at radius 3 is 0.918 bits per heavy atom. The zero-order chi connectivity index (χ0) is 40.3. The lowest BCUT2D eigenvalue weighted by Crippen LogP contribution is -2.49. The first-order valence-electron chi connectivity index (χ1n) is 19.4. The van der Waals surface area contributed by atoms with Crippen molar-refractivity contribution < 1.29 is 0 Å². The molecule has 290 valence electrons. The number of aromatic nitrogens is 6. The molecule has 6 heterocycles. The lowest BCUT2D eigenvalue weighted by molar-refractivity contribution is 0.826. The van der Waals surface area contributed by atoms with Gasteiger partial charge in [0.05, 0.1) is 33.1 Å². The van der Waals surface area contributed by atoms with Gasteiger partial charge in [-0.05, 0) is 109 Å². The number of rotatable bonds is 6. The SMILES string of the molecule is c1ccc2[nH]c(-c3ccc(NC4=NC5=NC(Nc6ccc(-c7nc8ccccc8[nH]7)cc6)=NC6=NC(Nc7ccc(-c8nc9ccccc9[nH]8)cc7)=NC(=N4)N56)cc3)nc2c1. The highest BCUT2D eigenvalue weighted by Gasteiger charge is 2.35. The molecular formula is C45H30N16. The van der Waals surface area contributed by atoms with Gasteiger partial charge in [0.2, 0.25) is 35.8 Å². The smallest absolute Gasteiger partial charge is 0.246 e. The lowest BCUT2D eigenvalue weighted by atomic mass is 10.2. The number of hydrogen-bond acceptors (Lipinski definition) is 13. The quantitative estimate of drug-likeness (QED) is 0.0970. The number of guanidine groups is 6. The zero-order valence-electron chi connectivity index (χ0n) is 31.8. The van der Waals surface area contributed by atoms with E-state index in [1.54, 1.807) is 4.90 Å². The maximum Gasteiger partial charge on any atom is 0.246 e. The summed E-state index contributed by atoms with van der Waals surface area (Å²) in [5.41, 5.74) is 10.8. The van der Waals surface area contributed by atoms with E-state index in [4.69, 9.17) is 44.9 Å². The Balaban J connectivity index is 0.843. The van der Waals surface area contributed by atoms with Gasteiger partial charge in [0.25, 0.3) is 0 Å². The summed E-state index contributed by atoms with van der Waals surface area (Å²) in [7, 11) is 0. The molecule has 0 bridgehead atoms. The molecule has 0 atom stereocenters. The van der Waals surface area contributed by atoms with E-state index in [-0.39, 0.29) is 17.9 Å². The molecule has 6 N–H and O–H groups in total. The summed E-state index contributed by atoms with van der Waals surface area (Å²) in [6.07, 6.45) is 0. The van der Waals surface area contributed by atoms with Crippen LogP contribution in [-0.2, 0) is 0 Å². The summed E-state index contributed by atoms with van der Waals surface area (Å²) in [5, 5.41) is 9.99. The predicted molar refractivity (Wildman–Crippen MR) is 242 cm³/mol. The van der Waals surface area contributed by atoms with Gasteiger partial charge in [0.15, 0.2) is 0 Å². The van der Waals surface area contributed by atoms with Crippen LogP contribution in [-0.4, -0.2) is 70.6 Å². The van der Waals surface area contributed by atoms with Gasteiger partial charge in [-0.25, -0.2) is 19.9 Å². The van der Waals surface area contributed by atoms with Gasteiger partial charge in [0, 0.05) is 33.8 Å². The number of nitrogens with zero attached hydrogens (tertiary/aromatic N) is 10. The van der Waals surface area contributed by atoms with Crippen molar-refractivity contribution in [2.45, 2.75) is 0 Å². The Hall–Kier alpha value is -9.05. The summed E-state index contributed by atoms with van der Waals surface area (Å²) in [6, 6.07) is 47.5. The minimum Gasteiger partial charge on any atom is -0.338 e. The Morgan fingerprint density at radius 1 is 0.328 bits per heavy atom. The molecule has 16 nitrogen and oxygen atoms in total. The normalized spacial score (nSPS) is 14.5. The largest absolute Gasteiger partial charge is 0.338 e. The van der Waals surface area contributed by atoms with Crippen LogP contribution in [0.3, 0.4) is 0 Å². The first-order chi connectivity index (χ1) is 30.1. The minimum absolute atomic E-state index is 0.289. The van der Waals surface area contributed by atoms with Crippen molar-refractivity contribution in [3.8, 4) is 34.2 Å². The molecule has 0 saturated heterocycles. The second kappa shape index (κ2) is 13.8. The monoisotopic (exact) mass is 794 g/mol. The highest BCUT2D eigenvalue weighted by atomic mass is 15.5. The predicted octanol–water partition coefficient (Wildman–Crippen LogP) is 8.43. The lowest BCUT2D eigenvalue weighted by Gasteiger charge is -2.30. The average molecular weight is 795 g/mol. The number of fused-ring (bicyclic) bond motifs is 3. The molecule has 3 aromatic heterocycles. The van der Waals surface area contributed by atoms with Gasteiger partial charge in [-0.2, -0.15) is 30.0 Å². The van der Waals surface area contributed by atoms with Crippen LogP contribution in [0.15, 0.2) is 176 Å². The second-order valence-corrected chi connectivity index (χ2v) is 14.3. The topological polar surface area (TPSA) is 200 Å². The summed E-state index contributed by atoms with van der Waals surface area (Å²) < 4.78 is 0. The van der Waals surface area contributed by atoms with Crippen molar-refractivity contribution in [2.75, 3.05) is 16.0 Å². The fraction of sp³-hybridized carbons (Fsp3) is 0. The third-order valence-corrected chi connectivity index (χ3v) is 10.2. The molecule has 61 heavy (non-hydrogen) atoms. The van der Waals surface area contributed by atoms with E-state index in [9.17, 15) is 0 Å². The number of nitrogens with one attached hydrogen (secondary N) is 6. The number of H-pyrrole nitrogens is 3.